The molecule has 1 fully saturated rings. The fourth-order valence-corrected chi connectivity index (χ4v) is 2.88. The summed E-state index contributed by atoms with van der Waals surface area (Å²) in [6.07, 6.45) is 1.31. The minimum absolute atomic E-state index is 0.220. The number of piperidine rings is 1. The molecule has 102 valence electrons. The largest absolute Gasteiger partial charge is 0.300 e. The molecule has 1 saturated heterocycles. The molecule has 0 spiro atoms. The van der Waals surface area contributed by atoms with Crippen LogP contribution in [-0.4, -0.2) is 17.2 Å². The van der Waals surface area contributed by atoms with Crippen LogP contribution in [0.25, 0.3) is 0 Å². The van der Waals surface area contributed by atoms with Crippen LogP contribution in [0.4, 0.5) is 0 Å². The van der Waals surface area contributed by atoms with Gasteiger partial charge in [0.05, 0.1) is 0 Å². The first-order chi connectivity index (χ1) is 9.83. The average molecular weight is 265 g/mol. The Hall–Kier alpha value is -1.93. The molecule has 1 atom stereocenters. The van der Waals surface area contributed by atoms with E-state index in [0.717, 1.165) is 13.1 Å². The quantitative estimate of drug-likeness (QED) is 0.845. The van der Waals surface area contributed by atoms with Gasteiger partial charge in [-0.3, -0.25) is 9.69 Å². The van der Waals surface area contributed by atoms with Crippen molar-refractivity contribution in [3.8, 4) is 0 Å². The summed E-state index contributed by atoms with van der Waals surface area (Å²) in [4.78, 5) is 14.2. The van der Waals surface area contributed by atoms with Crippen molar-refractivity contribution >= 4 is 5.78 Å². The lowest BCUT2D eigenvalue weighted by atomic mass is 9.94. The van der Waals surface area contributed by atoms with Gasteiger partial charge in [0.15, 0.2) is 0 Å². The van der Waals surface area contributed by atoms with Gasteiger partial charge in [0.2, 0.25) is 0 Å². The van der Waals surface area contributed by atoms with Crippen molar-refractivity contribution in [3.05, 3.63) is 71.8 Å². The molecule has 3 rings (SSSR count). The van der Waals surface area contributed by atoms with Crippen molar-refractivity contribution in [2.45, 2.75) is 25.4 Å². The summed E-state index contributed by atoms with van der Waals surface area (Å²) < 4.78 is 0. The first-order valence-electron chi connectivity index (χ1n) is 7.17. The van der Waals surface area contributed by atoms with E-state index in [1.807, 2.05) is 12.1 Å². The number of nitrogens with zero attached hydrogens (tertiary/aromatic N) is 1. The summed E-state index contributed by atoms with van der Waals surface area (Å²) >= 11 is 0. The lowest BCUT2D eigenvalue weighted by Crippen LogP contribution is -2.36. The van der Waals surface area contributed by atoms with Crippen molar-refractivity contribution in [3.63, 3.8) is 0 Å². The molecular formula is C18H19NO. The summed E-state index contributed by atoms with van der Waals surface area (Å²) in [5, 5.41) is 0. The predicted octanol–water partition coefficient (Wildman–Crippen LogP) is 3.59. The Morgan fingerprint density at radius 1 is 0.950 bits per heavy atom. The van der Waals surface area contributed by atoms with Crippen molar-refractivity contribution in [1.82, 2.24) is 4.90 Å². The van der Waals surface area contributed by atoms with E-state index < -0.39 is 0 Å². The van der Waals surface area contributed by atoms with Crippen LogP contribution in [0.15, 0.2) is 60.7 Å². The van der Waals surface area contributed by atoms with Crippen LogP contribution in [-0.2, 0) is 11.3 Å². The molecule has 20 heavy (non-hydrogen) atoms. The summed E-state index contributed by atoms with van der Waals surface area (Å²) in [7, 11) is 0. The van der Waals surface area contributed by atoms with Gasteiger partial charge in [-0.1, -0.05) is 60.7 Å². The monoisotopic (exact) mass is 265 g/mol. The second kappa shape index (κ2) is 6.02. The van der Waals surface area contributed by atoms with E-state index in [1.165, 1.54) is 11.1 Å². The molecule has 2 nitrogen and oxygen atoms in total. The van der Waals surface area contributed by atoms with Gasteiger partial charge < -0.3 is 0 Å². The number of hydrogen-bond donors (Lipinski definition) is 0. The molecule has 0 aromatic heterocycles. The van der Waals surface area contributed by atoms with Crippen molar-refractivity contribution < 1.29 is 4.79 Å². The zero-order chi connectivity index (χ0) is 13.8. The highest BCUT2D eigenvalue weighted by atomic mass is 16.1. The smallest absolute Gasteiger partial charge is 0.136 e. The van der Waals surface area contributed by atoms with Crippen LogP contribution in [0.5, 0.6) is 0 Å². The number of Topliss-reactive ketones (excluding diaryl/α,β-unsaturated/α-hetero) is 1. The van der Waals surface area contributed by atoms with E-state index >= 15 is 0 Å². The van der Waals surface area contributed by atoms with Gasteiger partial charge in [0.1, 0.15) is 5.78 Å². The maximum atomic E-state index is 11.8. The number of hydrogen-bond acceptors (Lipinski definition) is 2. The molecule has 2 aromatic rings. The van der Waals surface area contributed by atoms with Crippen LogP contribution >= 0.6 is 0 Å². The zero-order valence-corrected chi connectivity index (χ0v) is 11.5. The van der Waals surface area contributed by atoms with Gasteiger partial charge in [-0.15, -0.1) is 0 Å². The summed E-state index contributed by atoms with van der Waals surface area (Å²) in [6, 6.07) is 21.1. The lowest BCUT2D eigenvalue weighted by molar-refractivity contribution is -0.123. The standard InChI is InChI=1S/C18H19NO/c20-17-11-12-19(14-15-7-3-1-4-8-15)18(13-17)16-9-5-2-6-10-16/h1-10,18H,11-14H2/t18-/m1/s1. The minimum Gasteiger partial charge on any atom is -0.300 e. The van der Waals surface area contributed by atoms with E-state index in [-0.39, 0.29) is 6.04 Å². The average Bonchev–Trinajstić information content (AvgIpc) is 2.51. The number of benzene rings is 2. The molecule has 0 bridgehead atoms. The Bertz CT molecular complexity index is 564. The van der Waals surface area contributed by atoms with Gasteiger partial charge in [-0.05, 0) is 11.1 Å². The Morgan fingerprint density at radius 3 is 2.30 bits per heavy atom. The van der Waals surface area contributed by atoms with Crippen molar-refractivity contribution in [2.75, 3.05) is 6.54 Å². The first-order valence-corrected chi connectivity index (χ1v) is 7.17. The summed E-state index contributed by atoms with van der Waals surface area (Å²) in [5.41, 5.74) is 2.55. The van der Waals surface area contributed by atoms with Crippen molar-refractivity contribution in [2.24, 2.45) is 0 Å². The molecule has 1 aliphatic heterocycles. The molecule has 0 N–H and O–H groups in total. The molecule has 0 saturated carbocycles. The lowest BCUT2D eigenvalue weighted by Gasteiger charge is -2.35. The Kier molecular flexibility index (Phi) is 3.93. The molecule has 1 heterocycles. The molecule has 1 aliphatic rings. The second-order valence-electron chi connectivity index (χ2n) is 5.38. The maximum Gasteiger partial charge on any atom is 0.136 e. The van der Waals surface area contributed by atoms with E-state index in [4.69, 9.17) is 0 Å². The SMILES string of the molecule is O=C1CCN(Cc2ccccc2)[C@@H](c2ccccc2)C1. The highest BCUT2D eigenvalue weighted by Crippen LogP contribution is 2.30. The molecule has 0 unspecified atom stereocenters. The number of carbonyl (C=O) groups is 1. The fraction of sp³-hybridized carbons (Fsp3) is 0.278. The summed E-state index contributed by atoms with van der Waals surface area (Å²) in [6.45, 7) is 1.76. The highest BCUT2D eigenvalue weighted by molar-refractivity contribution is 5.80. The molecule has 2 heteroatoms. The Balaban J connectivity index is 1.82. The Labute approximate surface area is 120 Å². The molecule has 0 aliphatic carbocycles. The third kappa shape index (κ3) is 2.97. The minimum atomic E-state index is 0.220. The summed E-state index contributed by atoms with van der Waals surface area (Å²) in [5.74, 6) is 0.378. The number of carbonyl (C=O) groups excluding carboxylic acids is 1. The third-order valence-corrected chi connectivity index (χ3v) is 3.95. The van der Waals surface area contributed by atoms with Gasteiger partial charge in [-0.2, -0.15) is 0 Å². The van der Waals surface area contributed by atoms with E-state index in [9.17, 15) is 4.79 Å². The number of ketones is 1. The van der Waals surface area contributed by atoms with Crippen LogP contribution in [0, 0.1) is 0 Å². The van der Waals surface area contributed by atoms with Crippen molar-refractivity contribution in [1.29, 1.82) is 0 Å². The molecule has 0 amide bonds. The van der Waals surface area contributed by atoms with Crippen LogP contribution in [0.3, 0.4) is 0 Å². The third-order valence-electron chi connectivity index (χ3n) is 3.95. The van der Waals surface area contributed by atoms with Gasteiger partial charge in [-0.25, -0.2) is 0 Å². The van der Waals surface area contributed by atoms with Gasteiger partial charge in [0, 0.05) is 32.0 Å². The Morgan fingerprint density at radius 2 is 1.60 bits per heavy atom. The van der Waals surface area contributed by atoms with Gasteiger partial charge >= 0.3 is 0 Å². The van der Waals surface area contributed by atoms with E-state index in [0.29, 0.717) is 18.6 Å². The van der Waals surface area contributed by atoms with Crippen LogP contribution in [0.1, 0.15) is 30.0 Å². The molecule has 0 radical (unpaired) electrons. The molecule has 2 aromatic carbocycles. The zero-order valence-electron chi connectivity index (χ0n) is 11.5. The first kappa shape index (κ1) is 13.1. The van der Waals surface area contributed by atoms with Crippen LogP contribution in [0.2, 0.25) is 0 Å². The predicted molar refractivity (Wildman–Crippen MR) is 80.3 cm³/mol. The topological polar surface area (TPSA) is 20.3 Å². The number of likely N-dealkylation sites (tertiary alicyclic amines) is 1. The fourth-order valence-electron chi connectivity index (χ4n) is 2.88. The normalized spacial score (nSPS) is 20.0. The van der Waals surface area contributed by atoms with Gasteiger partial charge in [0.25, 0.3) is 0 Å². The maximum absolute atomic E-state index is 11.8. The number of rotatable bonds is 3. The van der Waals surface area contributed by atoms with E-state index in [1.54, 1.807) is 0 Å². The molecular weight excluding hydrogens is 246 g/mol. The second-order valence-corrected chi connectivity index (χ2v) is 5.38. The van der Waals surface area contributed by atoms with E-state index in [2.05, 4.69) is 53.4 Å². The highest BCUT2D eigenvalue weighted by Gasteiger charge is 2.27. The van der Waals surface area contributed by atoms with Crippen LogP contribution < -0.4 is 0 Å².